The van der Waals surface area contributed by atoms with E-state index in [1.165, 1.54) is 64.2 Å². The van der Waals surface area contributed by atoms with Gasteiger partial charge in [0.2, 0.25) is 0 Å². The molecule has 0 heterocycles. The van der Waals surface area contributed by atoms with Gasteiger partial charge in [0.15, 0.2) is 0 Å². The van der Waals surface area contributed by atoms with Crippen LogP contribution >= 0.6 is 0 Å². The number of ether oxygens (including phenoxy) is 3. The standard InChI is InChI=1S/C51H90N2O5/c1-36(2)19-16-20-37(3)42-25-26-43-41-24-23-39-35-40(27-30-49(39,8)44(41)28-31-50(42,43)9)56-33-15-13-14-21-45(58-46(54)22-17-32-53(11)12)38(4)51(10,52)29-18-34-57-47(55)48(5,6)7/h18,23,29,36-38,40-45H,13-17,19-22,24-28,30-35,52H2,1-12H3/b29-18+/t37-,38?,40+,41?,42-,43?,44?,45?,49+,50-,51?/m1/s1. The number of hydrogen-bond donors (Lipinski definition) is 1. The molecule has 0 aliphatic heterocycles. The Hall–Kier alpha value is -1.70. The summed E-state index contributed by atoms with van der Waals surface area (Å²) in [5.41, 5.74) is 8.13. The monoisotopic (exact) mass is 811 g/mol. The number of hydrogen-bond acceptors (Lipinski definition) is 7. The smallest absolute Gasteiger partial charge is 0.311 e. The van der Waals surface area contributed by atoms with E-state index < -0.39 is 11.0 Å². The SMILES string of the molecule is CC(C)CCC[C@@H](C)[C@H]1CCC2C3CC=C4C[C@@H](OCCCCCC(OC(=O)CCCN(C)C)C(C)C(C)(N)/C=C/COC(=O)C(C)(C)C)CC[C@]4(C)C3CC[C@@]21C. The predicted octanol–water partition coefficient (Wildman–Crippen LogP) is 11.7. The van der Waals surface area contributed by atoms with Crippen molar-refractivity contribution in [3.8, 4) is 0 Å². The summed E-state index contributed by atoms with van der Waals surface area (Å²) in [6, 6.07) is 0. The van der Waals surface area contributed by atoms with Crippen LogP contribution in [0.2, 0.25) is 0 Å². The first-order valence-electron chi connectivity index (χ1n) is 24.0. The van der Waals surface area contributed by atoms with Crippen molar-refractivity contribution in [1.29, 1.82) is 0 Å². The van der Waals surface area contributed by atoms with Crippen LogP contribution in [0, 0.1) is 57.7 Å². The van der Waals surface area contributed by atoms with Crippen LogP contribution in [0.1, 0.15) is 178 Å². The maximum absolute atomic E-state index is 13.0. The molecule has 58 heavy (non-hydrogen) atoms. The van der Waals surface area contributed by atoms with Gasteiger partial charge in [0, 0.05) is 24.5 Å². The molecular formula is C51H90N2O5. The molecule has 0 amide bonds. The Labute approximate surface area is 356 Å². The van der Waals surface area contributed by atoms with E-state index in [1.807, 2.05) is 53.9 Å². The number of nitrogens with two attached hydrogens (primary N) is 1. The third-order valence-electron chi connectivity index (χ3n) is 16.0. The number of carbonyl (C=O) groups is 2. The molecule has 6 unspecified atom stereocenters. The predicted molar refractivity (Wildman–Crippen MR) is 240 cm³/mol. The Bertz CT molecular complexity index is 1360. The highest BCUT2D eigenvalue weighted by atomic mass is 16.5. The number of nitrogens with zero attached hydrogens (tertiary/aromatic N) is 1. The first-order valence-corrected chi connectivity index (χ1v) is 24.0. The summed E-state index contributed by atoms with van der Waals surface area (Å²) in [5.74, 6) is 4.69. The van der Waals surface area contributed by atoms with Gasteiger partial charge in [0.1, 0.15) is 12.7 Å². The quantitative estimate of drug-likeness (QED) is 0.0661. The fourth-order valence-corrected chi connectivity index (χ4v) is 12.0. The van der Waals surface area contributed by atoms with Crippen molar-refractivity contribution in [2.45, 2.75) is 196 Å². The van der Waals surface area contributed by atoms with E-state index in [2.05, 4.69) is 52.5 Å². The third kappa shape index (κ3) is 12.9. The topological polar surface area (TPSA) is 91.1 Å². The van der Waals surface area contributed by atoms with Crippen LogP contribution in [-0.2, 0) is 23.8 Å². The van der Waals surface area contributed by atoms with E-state index in [1.54, 1.807) is 5.57 Å². The van der Waals surface area contributed by atoms with Gasteiger partial charge in [0.25, 0.3) is 0 Å². The van der Waals surface area contributed by atoms with Crippen LogP contribution < -0.4 is 5.73 Å². The van der Waals surface area contributed by atoms with Gasteiger partial charge < -0.3 is 24.8 Å². The van der Waals surface area contributed by atoms with Crippen molar-refractivity contribution in [3.63, 3.8) is 0 Å². The van der Waals surface area contributed by atoms with Crippen LogP contribution in [0.5, 0.6) is 0 Å². The summed E-state index contributed by atoms with van der Waals surface area (Å²) in [6.07, 6.45) is 26.2. The largest absolute Gasteiger partial charge is 0.462 e. The van der Waals surface area contributed by atoms with Crippen LogP contribution in [0.15, 0.2) is 23.8 Å². The summed E-state index contributed by atoms with van der Waals surface area (Å²) in [6.45, 7) is 24.0. The maximum Gasteiger partial charge on any atom is 0.311 e. The fourth-order valence-electron chi connectivity index (χ4n) is 12.0. The Balaban J connectivity index is 1.25. The van der Waals surface area contributed by atoms with Gasteiger partial charge >= 0.3 is 11.9 Å². The van der Waals surface area contributed by atoms with Gasteiger partial charge in [-0.25, -0.2) is 0 Å². The molecular weight excluding hydrogens is 721 g/mol. The van der Waals surface area contributed by atoms with Crippen molar-refractivity contribution in [1.82, 2.24) is 4.90 Å². The molecule has 7 nitrogen and oxygen atoms in total. The van der Waals surface area contributed by atoms with Gasteiger partial charge in [0.05, 0.1) is 11.5 Å². The molecule has 4 aliphatic rings. The maximum atomic E-state index is 13.0. The molecule has 0 aromatic heterocycles. The van der Waals surface area contributed by atoms with Gasteiger partial charge in [-0.2, -0.15) is 0 Å². The lowest BCUT2D eigenvalue weighted by atomic mass is 9.47. The number of fused-ring (bicyclic) bond motifs is 5. The molecule has 0 radical (unpaired) electrons. The summed E-state index contributed by atoms with van der Waals surface area (Å²) >= 11 is 0. The Kier molecular flexibility index (Phi) is 18.1. The highest BCUT2D eigenvalue weighted by molar-refractivity contribution is 5.75. The first kappa shape index (κ1) is 49.0. The zero-order valence-electron chi connectivity index (χ0n) is 39.6. The van der Waals surface area contributed by atoms with E-state index in [9.17, 15) is 9.59 Å². The number of carbonyl (C=O) groups excluding carboxylic acids is 2. The molecule has 11 atom stereocenters. The summed E-state index contributed by atoms with van der Waals surface area (Å²) in [4.78, 5) is 27.3. The van der Waals surface area contributed by atoms with Crippen molar-refractivity contribution < 1.29 is 23.8 Å². The molecule has 334 valence electrons. The minimum atomic E-state index is -0.739. The summed E-state index contributed by atoms with van der Waals surface area (Å²) in [7, 11) is 4.03. The van der Waals surface area contributed by atoms with E-state index in [-0.39, 0.29) is 30.6 Å². The van der Waals surface area contributed by atoms with Crippen molar-refractivity contribution in [3.05, 3.63) is 23.8 Å². The molecule has 3 saturated carbocycles. The number of rotatable bonds is 22. The average Bonchev–Trinajstić information content (AvgIpc) is 3.50. The zero-order chi connectivity index (χ0) is 42.9. The average molecular weight is 811 g/mol. The van der Waals surface area contributed by atoms with E-state index in [0.29, 0.717) is 23.4 Å². The van der Waals surface area contributed by atoms with Gasteiger partial charge in [-0.3, -0.25) is 9.59 Å². The van der Waals surface area contributed by atoms with E-state index in [0.717, 1.165) is 87.2 Å². The zero-order valence-corrected chi connectivity index (χ0v) is 39.6. The number of unbranched alkanes of at least 4 members (excludes halogenated alkanes) is 2. The van der Waals surface area contributed by atoms with Crippen LogP contribution in [0.25, 0.3) is 0 Å². The van der Waals surface area contributed by atoms with Crippen molar-refractivity contribution in [2.75, 3.05) is 33.9 Å². The van der Waals surface area contributed by atoms with Gasteiger partial charge in [-0.15, -0.1) is 0 Å². The van der Waals surface area contributed by atoms with E-state index in [4.69, 9.17) is 19.9 Å². The lowest BCUT2D eigenvalue weighted by Gasteiger charge is -2.58. The normalized spacial score (nSPS) is 31.2. The Morgan fingerprint density at radius 1 is 0.914 bits per heavy atom. The second-order valence-corrected chi connectivity index (χ2v) is 22.2. The first-order chi connectivity index (χ1) is 27.2. The molecule has 4 aliphatic carbocycles. The second-order valence-electron chi connectivity index (χ2n) is 22.2. The van der Waals surface area contributed by atoms with Gasteiger partial charge in [-0.1, -0.05) is 85.0 Å². The number of esters is 2. The summed E-state index contributed by atoms with van der Waals surface area (Å²) < 4.78 is 18.2. The lowest BCUT2D eigenvalue weighted by molar-refractivity contribution is -0.153. The molecule has 3 fully saturated rings. The molecule has 0 spiro atoms. The van der Waals surface area contributed by atoms with E-state index >= 15 is 0 Å². The van der Waals surface area contributed by atoms with Crippen LogP contribution in [0.3, 0.4) is 0 Å². The Morgan fingerprint density at radius 2 is 1.66 bits per heavy atom. The highest BCUT2D eigenvalue weighted by Crippen LogP contribution is 2.67. The molecule has 0 aromatic carbocycles. The summed E-state index contributed by atoms with van der Waals surface area (Å²) in [5, 5.41) is 0. The minimum Gasteiger partial charge on any atom is -0.462 e. The fraction of sp³-hybridized carbons (Fsp3) is 0.882. The third-order valence-corrected chi connectivity index (χ3v) is 16.0. The highest BCUT2D eigenvalue weighted by Gasteiger charge is 2.59. The molecule has 0 saturated heterocycles. The number of allylic oxidation sites excluding steroid dienone is 1. The van der Waals surface area contributed by atoms with Crippen molar-refractivity contribution >= 4 is 11.9 Å². The second kappa shape index (κ2) is 21.4. The molecule has 4 rings (SSSR count). The van der Waals surface area contributed by atoms with Crippen molar-refractivity contribution in [2.24, 2.45) is 63.4 Å². The lowest BCUT2D eigenvalue weighted by Crippen LogP contribution is -2.51. The Morgan fingerprint density at radius 3 is 2.34 bits per heavy atom. The minimum absolute atomic E-state index is 0.118. The van der Waals surface area contributed by atoms with Crippen LogP contribution in [0.4, 0.5) is 0 Å². The molecule has 0 aromatic rings. The molecule has 7 heteroatoms. The molecule has 0 bridgehead atoms. The van der Waals surface area contributed by atoms with Crippen LogP contribution in [-0.4, -0.2) is 68.4 Å². The van der Waals surface area contributed by atoms with Gasteiger partial charge in [-0.05, 0) is 178 Å². The molecule has 2 N–H and O–H groups in total.